The average Bonchev–Trinajstić information content (AvgIpc) is 2.55. The molecule has 6 nitrogen and oxygen atoms in total. The van der Waals surface area contributed by atoms with Gasteiger partial charge in [-0.2, -0.15) is 0 Å². The van der Waals surface area contributed by atoms with Gasteiger partial charge in [0.1, 0.15) is 0 Å². The average molecular weight is 339 g/mol. The molecule has 0 bridgehead atoms. The normalized spacial score (nSPS) is 49.5. The molecule has 2 aliphatic heterocycles. The summed E-state index contributed by atoms with van der Waals surface area (Å²) in [5.74, 6) is 1.32. The zero-order valence-electron chi connectivity index (χ0n) is 16.0. The molecule has 6 heteroatoms. The van der Waals surface area contributed by atoms with E-state index < -0.39 is 6.29 Å². The molecule has 5 unspecified atom stereocenters. The van der Waals surface area contributed by atoms with Crippen LogP contribution >= 0.6 is 0 Å². The zero-order valence-corrected chi connectivity index (χ0v) is 16.0. The molecule has 10 atom stereocenters. The maximum absolute atomic E-state index is 8.97. The number of azide groups is 1. The van der Waals surface area contributed by atoms with Crippen molar-refractivity contribution in [3.05, 3.63) is 10.4 Å². The lowest BCUT2D eigenvalue weighted by Gasteiger charge is -2.48. The van der Waals surface area contributed by atoms with Gasteiger partial charge in [-0.3, -0.25) is 0 Å². The van der Waals surface area contributed by atoms with Crippen LogP contribution in [0.5, 0.6) is 0 Å². The van der Waals surface area contributed by atoms with Gasteiger partial charge in [0.25, 0.3) is 0 Å². The van der Waals surface area contributed by atoms with Crippen LogP contribution in [0, 0.1) is 23.7 Å². The Kier molecular flexibility index (Phi) is 6.54. The fourth-order valence-electron chi connectivity index (χ4n) is 4.16. The summed E-state index contributed by atoms with van der Waals surface area (Å²) >= 11 is 0. The zero-order chi connectivity index (χ0) is 18.0. The highest BCUT2D eigenvalue weighted by atomic mass is 16.7. The summed E-state index contributed by atoms with van der Waals surface area (Å²) in [6.45, 7) is 15.0. The van der Waals surface area contributed by atoms with Crippen molar-refractivity contribution >= 4 is 0 Å². The van der Waals surface area contributed by atoms with E-state index in [0.717, 1.165) is 6.42 Å². The summed E-state index contributed by atoms with van der Waals surface area (Å²) in [4.78, 5) is 3.04. The van der Waals surface area contributed by atoms with Crippen LogP contribution in [0.15, 0.2) is 5.11 Å². The van der Waals surface area contributed by atoms with E-state index in [9.17, 15) is 0 Å². The van der Waals surface area contributed by atoms with Crippen LogP contribution < -0.4 is 0 Å². The van der Waals surface area contributed by atoms with Gasteiger partial charge in [-0.05, 0) is 49.5 Å². The van der Waals surface area contributed by atoms with Gasteiger partial charge in [-0.25, -0.2) is 0 Å². The van der Waals surface area contributed by atoms with E-state index >= 15 is 0 Å². The smallest absolute Gasteiger partial charge is 0.167 e. The molecule has 0 aromatic carbocycles. The first kappa shape index (κ1) is 19.5. The van der Waals surface area contributed by atoms with Gasteiger partial charge < -0.3 is 14.2 Å². The lowest BCUT2D eigenvalue weighted by molar-refractivity contribution is -0.285. The lowest BCUT2D eigenvalue weighted by Crippen LogP contribution is -2.55. The van der Waals surface area contributed by atoms with Crippen LogP contribution in [0.1, 0.15) is 54.9 Å². The molecule has 2 saturated heterocycles. The molecule has 0 aromatic heterocycles. The molecule has 0 amide bonds. The molecule has 0 saturated carbocycles. The van der Waals surface area contributed by atoms with E-state index in [1.807, 2.05) is 0 Å². The fraction of sp³-hybridized carbons (Fsp3) is 1.00. The molecule has 2 fully saturated rings. The fourth-order valence-corrected chi connectivity index (χ4v) is 4.16. The van der Waals surface area contributed by atoms with Gasteiger partial charge in [0.05, 0.1) is 30.5 Å². The first-order chi connectivity index (χ1) is 11.3. The first-order valence-corrected chi connectivity index (χ1v) is 9.32. The summed E-state index contributed by atoms with van der Waals surface area (Å²) in [5.41, 5.74) is 8.97. The highest BCUT2D eigenvalue weighted by Crippen LogP contribution is 2.38. The van der Waals surface area contributed by atoms with Crippen molar-refractivity contribution in [2.24, 2.45) is 28.8 Å². The van der Waals surface area contributed by atoms with E-state index in [2.05, 4.69) is 58.5 Å². The van der Waals surface area contributed by atoms with Crippen LogP contribution in [-0.4, -0.2) is 36.7 Å². The van der Waals surface area contributed by atoms with Crippen molar-refractivity contribution in [3.63, 3.8) is 0 Å². The van der Waals surface area contributed by atoms with Gasteiger partial charge in [0.2, 0.25) is 0 Å². The highest BCUT2D eigenvalue weighted by Gasteiger charge is 2.45. The summed E-state index contributed by atoms with van der Waals surface area (Å²) in [5, 5.41) is 4.00. The second-order valence-electron chi connectivity index (χ2n) is 7.73. The van der Waals surface area contributed by atoms with Crippen molar-refractivity contribution in [1.82, 2.24) is 0 Å². The summed E-state index contributed by atoms with van der Waals surface area (Å²) in [6, 6.07) is -0.304. The van der Waals surface area contributed by atoms with E-state index in [4.69, 9.17) is 19.7 Å². The minimum absolute atomic E-state index is 0.00347. The van der Waals surface area contributed by atoms with Crippen molar-refractivity contribution in [2.75, 3.05) is 0 Å². The number of ether oxygens (including phenoxy) is 3. The van der Waals surface area contributed by atoms with Crippen molar-refractivity contribution in [1.29, 1.82) is 0 Å². The van der Waals surface area contributed by atoms with Crippen LogP contribution in [0.25, 0.3) is 10.4 Å². The minimum Gasteiger partial charge on any atom is -0.373 e. The van der Waals surface area contributed by atoms with Gasteiger partial charge in [-0.1, -0.05) is 39.7 Å². The molecule has 138 valence electrons. The third kappa shape index (κ3) is 3.72. The number of nitrogens with zero attached hydrogens (tertiary/aromatic N) is 3. The molecule has 0 N–H and O–H groups in total. The lowest BCUT2D eigenvalue weighted by atomic mass is 9.80. The number of hydrogen-bond donors (Lipinski definition) is 0. The Hall–Kier alpha value is -0.810. The number of hydrogen-bond acceptors (Lipinski definition) is 4. The molecule has 2 heterocycles. The van der Waals surface area contributed by atoms with Crippen LogP contribution in [0.4, 0.5) is 0 Å². The summed E-state index contributed by atoms with van der Waals surface area (Å²) < 4.78 is 18.6. The van der Waals surface area contributed by atoms with Crippen LogP contribution in [-0.2, 0) is 14.2 Å². The van der Waals surface area contributed by atoms with Crippen molar-refractivity contribution in [3.8, 4) is 0 Å². The third-order valence-electron chi connectivity index (χ3n) is 6.40. The molecule has 0 aliphatic carbocycles. The maximum atomic E-state index is 8.97. The quantitative estimate of drug-likeness (QED) is 0.429. The molecule has 24 heavy (non-hydrogen) atoms. The standard InChI is InChI=1S/C18H33N3O3/c1-8-15-10(3)11(4)16(20-21-19)18(23-15)24-17-12(5)9(2)13(6)22-14(17)7/h9-18H,8H2,1-7H3/t9?,10-,11+,12-,13?,14?,15?,16?,17-,18+/m1/s1. The van der Waals surface area contributed by atoms with Crippen LogP contribution in [0.2, 0.25) is 0 Å². The number of rotatable bonds is 4. The molecule has 0 spiro atoms. The van der Waals surface area contributed by atoms with E-state index in [1.54, 1.807) is 0 Å². The van der Waals surface area contributed by atoms with Crippen LogP contribution in [0.3, 0.4) is 0 Å². The second-order valence-corrected chi connectivity index (χ2v) is 7.73. The SMILES string of the molecule is CCC1O[C@@H](O[C@H]2C(C)OC(C)C(C)[C@H]2C)C(N=[N+]=[N-])[C@@H](C)[C@H]1C. The summed E-state index contributed by atoms with van der Waals surface area (Å²) in [6.07, 6.45) is 0.704. The first-order valence-electron chi connectivity index (χ1n) is 9.32. The molecular formula is C18H33N3O3. The minimum atomic E-state index is -0.504. The Balaban J connectivity index is 2.19. The Morgan fingerprint density at radius 2 is 1.58 bits per heavy atom. The molecule has 0 radical (unpaired) electrons. The topological polar surface area (TPSA) is 76.5 Å². The third-order valence-corrected chi connectivity index (χ3v) is 6.40. The van der Waals surface area contributed by atoms with Crippen molar-refractivity contribution < 1.29 is 14.2 Å². The Morgan fingerprint density at radius 1 is 0.917 bits per heavy atom. The van der Waals surface area contributed by atoms with E-state index in [1.165, 1.54) is 0 Å². The monoisotopic (exact) mass is 339 g/mol. The van der Waals surface area contributed by atoms with Gasteiger partial charge in [0, 0.05) is 4.91 Å². The molecular weight excluding hydrogens is 306 g/mol. The molecule has 2 aliphatic rings. The van der Waals surface area contributed by atoms with Gasteiger partial charge in [-0.15, -0.1) is 0 Å². The van der Waals surface area contributed by atoms with E-state index in [0.29, 0.717) is 17.8 Å². The Bertz CT molecular complexity index is 468. The van der Waals surface area contributed by atoms with E-state index in [-0.39, 0.29) is 36.4 Å². The van der Waals surface area contributed by atoms with Gasteiger partial charge in [0.15, 0.2) is 6.29 Å². The molecule has 2 rings (SSSR count). The predicted molar refractivity (Wildman–Crippen MR) is 93.4 cm³/mol. The van der Waals surface area contributed by atoms with Crippen molar-refractivity contribution in [2.45, 2.75) is 91.6 Å². The summed E-state index contributed by atoms with van der Waals surface area (Å²) in [7, 11) is 0. The maximum Gasteiger partial charge on any atom is 0.167 e. The molecule has 0 aromatic rings. The second kappa shape index (κ2) is 8.05. The highest BCUT2D eigenvalue weighted by molar-refractivity contribution is 4.92. The largest absolute Gasteiger partial charge is 0.373 e. The Morgan fingerprint density at radius 3 is 2.17 bits per heavy atom. The Labute approximate surface area is 145 Å². The predicted octanol–water partition coefficient (Wildman–Crippen LogP) is 4.54. The van der Waals surface area contributed by atoms with Gasteiger partial charge >= 0.3 is 0 Å².